The van der Waals surface area contributed by atoms with Gasteiger partial charge in [-0.3, -0.25) is 4.79 Å². The van der Waals surface area contributed by atoms with Crippen LogP contribution in [0.2, 0.25) is 0 Å². The molecule has 0 radical (unpaired) electrons. The van der Waals surface area contributed by atoms with Crippen LogP contribution in [0.3, 0.4) is 0 Å². The molecule has 9 nitrogen and oxygen atoms in total. The van der Waals surface area contributed by atoms with E-state index in [9.17, 15) is 18.0 Å². The number of methoxy groups -OCH3 is 1. The molecular weight excluding hydrogens is 403 g/mol. The molecule has 3 N–H and O–H groups in total. The zero-order valence-corrected chi connectivity index (χ0v) is 16.4. The summed E-state index contributed by atoms with van der Waals surface area (Å²) in [6.07, 6.45) is 0.0230. The van der Waals surface area contributed by atoms with Crippen molar-refractivity contribution in [1.29, 1.82) is 0 Å². The molecule has 0 aliphatic carbocycles. The number of pyridine rings is 1. The number of ether oxygens (including phenoxy) is 1. The van der Waals surface area contributed by atoms with Crippen molar-refractivity contribution in [2.45, 2.75) is 26.1 Å². The molecule has 0 bridgehead atoms. The van der Waals surface area contributed by atoms with Gasteiger partial charge in [-0.05, 0) is 12.0 Å². The van der Waals surface area contributed by atoms with E-state index in [0.717, 1.165) is 0 Å². The molecule has 0 fully saturated rings. The molecule has 3 rings (SSSR count). The smallest absolute Gasteiger partial charge is 0.405 e. The van der Waals surface area contributed by atoms with Crippen LogP contribution in [0.15, 0.2) is 24.7 Å². The molecule has 1 atom stereocenters. The number of aromatic nitrogens is 5. The number of nitrogens with one attached hydrogen (secondary N) is 3. The van der Waals surface area contributed by atoms with E-state index in [2.05, 4.69) is 30.5 Å². The van der Waals surface area contributed by atoms with Crippen molar-refractivity contribution >= 4 is 22.8 Å². The number of aromatic amines is 1. The Morgan fingerprint density at radius 1 is 1.30 bits per heavy atom. The van der Waals surface area contributed by atoms with E-state index in [4.69, 9.17) is 4.74 Å². The summed E-state index contributed by atoms with van der Waals surface area (Å²) in [6, 6.07) is 0.820. The lowest BCUT2D eigenvalue weighted by molar-refractivity contribution is -0.139. The molecule has 0 aromatic carbocycles. The number of alkyl halides is 3. The van der Waals surface area contributed by atoms with Crippen LogP contribution < -0.4 is 15.4 Å². The quantitative estimate of drug-likeness (QED) is 0.535. The molecule has 12 heteroatoms. The van der Waals surface area contributed by atoms with Gasteiger partial charge in [-0.2, -0.15) is 18.3 Å². The zero-order valence-electron chi connectivity index (χ0n) is 16.4. The summed E-state index contributed by atoms with van der Waals surface area (Å²) < 4.78 is 42.4. The predicted molar refractivity (Wildman–Crippen MR) is 103 cm³/mol. The van der Waals surface area contributed by atoms with Crippen LogP contribution in [0.4, 0.5) is 19.0 Å². The van der Waals surface area contributed by atoms with Gasteiger partial charge < -0.3 is 20.4 Å². The monoisotopic (exact) mass is 423 g/mol. The summed E-state index contributed by atoms with van der Waals surface area (Å²) in [7, 11) is 1.52. The van der Waals surface area contributed by atoms with E-state index >= 15 is 0 Å². The van der Waals surface area contributed by atoms with Gasteiger partial charge >= 0.3 is 6.18 Å². The Hall–Kier alpha value is -3.44. The standard InChI is InChI=1S/C18H20F3N7O2/c1-9(2)14(17(29)24-8-18(19,20)21)26-13-7-25-28-16(27-13)12-6-23-15-11(12)4-10(30-3)5-22-15/h4-7,9,14H,8H2,1-3H3,(H,22,23)(H,24,29)(H,26,27,28). The van der Waals surface area contributed by atoms with Crippen LogP contribution >= 0.6 is 0 Å². The largest absolute Gasteiger partial charge is 0.495 e. The van der Waals surface area contributed by atoms with E-state index in [0.29, 0.717) is 22.3 Å². The minimum absolute atomic E-state index is 0.200. The first-order chi connectivity index (χ1) is 14.2. The van der Waals surface area contributed by atoms with E-state index in [1.807, 2.05) is 5.32 Å². The average molecular weight is 423 g/mol. The minimum Gasteiger partial charge on any atom is -0.495 e. The number of amides is 1. The van der Waals surface area contributed by atoms with E-state index in [-0.39, 0.29) is 17.6 Å². The maximum Gasteiger partial charge on any atom is 0.405 e. The zero-order chi connectivity index (χ0) is 21.9. The summed E-state index contributed by atoms with van der Waals surface area (Å²) in [5, 5.41) is 13.3. The van der Waals surface area contributed by atoms with Crippen molar-refractivity contribution in [3.05, 3.63) is 24.7 Å². The Balaban J connectivity index is 1.85. The summed E-state index contributed by atoms with van der Waals surface area (Å²) in [5.41, 5.74) is 1.20. The molecule has 3 aromatic rings. The third-order valence-electron chi connectivity index (χ3n) is 4.26. The highest BCUT2D eigenvalue weighted by atomic mass is 19.4. The number of H-pyrrole nitrogens is 1. The van der Waals surface area contributed by atoms with E-state index in [1.165, 1.54) is 13.3 Å². The van der Waals surface area contributed by atoms with Crippen LogP contribution in [0, 0.1) is 5.92 Å². The molecular formula is C18H20F3N7O2. The van der Waals surface area contributed by atoms with Gasteiger partial charge in [0.1, 0.15) is 29.8 Å². The molecule has 30 heavy (non-hydrogen) atoms. The SMILES string of the molecule is COc1cnc2[nH]cc(-c3nncc(NC(C(=O)NCC(F)(F)F)C(C)C)n3)c2c1. The molecule has 160 valence electrons. The second-order valence-electron chi connectivity index (χ2n) is 6.84. The highest BCUT2D eigenvalue weighted by molar-refractivity contribution is 5.92. The van der Waals surface area contributed by atoms with Gasteiger partial charge in [-0.15, -0.1) is 5.10 Å². The van der Waals surface area contributed by atoms with Gasteiger partial charge in [-0.25, -0.2) is 9.97 Å². The Morgan fingerprint density at radius 3 is 2.73 bits per heavy atom. The van der Waals surface area contributed by atoms with Crippen LogP contribution in [0.25, 0.3) is 22.4 Å². The van der Waals surface area contributed by atoms with Gasteiger partial charge in [0.25, 0.3) is 0 Å². The number of halogens is 3. The number of carbonyl (C=O) groups is 1. The van der Waals surface area contributed by atoms with Crippen molar-refractivity contribution in [3.63, 3.8) is 0 Å². The number of nitrogens with zero attached hydrogens (tertiary/aromatic N) is 4. The Kier molecular flexibility index (Phi) is 6.04. The molecule has 3 aromatic heterocycles. The summed E-state index contributed by atoms with van der Waals surface area (Å²) in [6.45, 7) is 2.00. The fourth-order valence-corrected chi connectivity index (χ4v) is 2.76. The number of hydrogen-bond donors (Lipinski definition) is 3. The van der Waals surface area contributed by atoms with Crippen LogP contribution in [0.1, 0.15) is 13.8 Å². The van der Waals surface area contributed by atoms with Crippen molar-refractivity contribution < 1.29 is 22.7 Å². The maximum atomic E-state index is 12.4. The first-order valence-electron chi connectivity index (χ1n) is 9.00. The first kappa shape index (κ1) is 21.3. The highest BCUT2D eigenvalue weighted by Crippen LogP contribution is 2.28. The average Bonchev–Trinajstić information content (AvgIpc) is 3.12. The van der Waals surface area contributed by atoms with E-state index < -0.39 is 24.7 Å². The lowest BCUT2D eigenvalue weighted by Gasteiger charge is -2.22. The topological polar surface area (TPSA) is 118 Å². The summed E-state index contributed by atoms with van der Waals surface area (Å²) in [5.74, 6) is -0.0981. The molecule has 0 spiro atoms. The number of rotatable bonds is 7. The number of fused-ring (bicyclic) bond motifs is 1. The molecule has 0 saturated heterocycles. The lowest BCUT2D eigenvalue weighted by atomic mass is 10.0. The minimum atomic E-state index is -4.49. The molecule has 3 heterocycles. The molecule has 1 unspecified atom stereocenters. The molecule has 0 saturated carbocycles. The summed E-state index contributed by atoms with van der Waals surface area (Å²) >= 11 is 0. The third-order valence-corrected chi connectivity index (χ3v) is 4.26. The van der Waals surface area contributed by atoms with E-state index in [1.54, 1.807) is 32.3 Å². The van der Waals surface area contributed by atoms with Gasteiger partial charge in [0.15, 0.2) is 5.82 Å². The second kappa shape index (κ2) is 8.51. The Bertz CT molecular complexity index is 1040. The summed E-state index contributed by atoms with van der Waals surface area (Å²) in [4.78, 5) is 23.8. The van der Waals surface area contributed by atoms with Crippen LogP contribution in [0.5, 0.6) is 5.75 Å². The van der Waals surface area contributed by atoms with Gasteiger partial charge in [0, 0.05) is 17.1 Å². The lowest BCUT2D eigenvalue weighted by Crippen LogP contribution is -2.46. The molecule has 1 amide bonds. The van der Waals surface area contributed by atoms with Crippen LogP contribution in [-0.2, 0) is 4.79 Å². The van der Waals surface area contributed by atoms with Gasteiger partial charge in [0.05, 0.1) is 19.5 Å². The highest BCUT2D eigenvalue weighted by Gasteiger charge is 2.30. The fourth-order valence-electron chi connectivity index (χ4n) is 2.76. The molecule has 0 aliphatic heterocycles. The Labute approximate surface area is 169 Å². The number of hydrogen-bond acceptors (Lipinski definition) is 7. The van der Waals surface area contributed by atoms with Crippen molar-refractivity contribution in [3.8, 4) is 17.1 Å². The Morgan fingerprint density at radius 2 is 2.07 bits per heavy atom. The third kappa shape index (κ3) is 4.93. The fraction of sp³-hybridized carbons (Fsp3) is 0.389. The van der Waals surface area contributed by atoms with Crippen LogP contribution in [-0.4, -0.2) is 56.9 Å². The molecule has 0 aliphatic rings. The first-order valence-corrected chi connectivity index (χ1v) is 9.00. The second-order valence-corrected chi connectivity index (χ2v) is 6.84. The van der Waals surface area contributed by atoms with Crippen molar-refractivity contribution in [2.24, 2.45) is 5.92 Å². The number of anilines is 1. The van der Waals surface area contributed by atoms with Gasteiger partial charge in [-0.1, -0.05) is 13.8 Å². The van der Waals surface area contributed by atoms with Crippen molar-refractivity contribution in [2.75, 3.05) is 19.0 Å². The van der Waals surface area contributed by atoms with Gasteiger partial charge in [0.2, 0.25) is 5.91 Å². The predicted octanol–water partition coefficient (Wildman–Crippen LogP) is 2.54. The maximum absolute atomic E-state index is 12.4. The van der Waals surface area contributed by atoms with Crippen molar-refractivity contribution in [1.82, 2.24) is 30.5 Å². The normalized spacial score (nSPS) is 12.8. The number of carbonyl (C=O) groups excluding carboxylic acids is 1.